The Morgan fingerprint density at radius 2 is 1.27 bits per heavy atom. The molecule has 6 rings (SSSR count). The van der Waals surface area contributed by atoms with E-state index in [0.29, 0.717) is 12.3 Å². The van der Waals surface area contributed by atoms with E-state index in [2.05, 4.69) is 84.5 Å². The van der Waals surface area contributed by atoms with E-state index in [1.165, 1.54) is 60.3 Å². The van der Waals surface area contributed by atoms with Gasteiger partial charge in [0.25, 0.3) is 0 Å². The molecule has 0 amide bonds. The summed E-state index contributed by atoms with van der Waals surface area (Å²) in [6.45, 7) is 10.8. The lowest BCUT2D eigenvalue weighted by molar-refractivity contribution is 0.0519. The lowest BCUT2D eigenvalue weighted by atomic mass is 10.1. The highest BCUT2D eigenvalue weighted by Gasteiger charge is 2.27. The molecule has 0 spiro atoms. The van der Waals surface area contributed by atoms with Crippen LogP contribution in [0.2, 0.25) is 0 Å². The minimum absolute atomic E-state index is 0.00707. The average molecular weight is 603 g/mol. The first-order valence-electron chi connectivity index (χ1n) is 16.9. The molecule has 4 aromatic heterocycles. The Bertz CT molecular complexity index is 1980. The molecule has 0 N–H and O–H groups in total. The summed E-state index contributed by atoms with van der Waals surface area (Å²) >= 11 is 0. The third kappa shape index (κ3) is 5.71. The van der Waals surface area contributed by atoms with Crippen molar-refractivity contribution >= 4 is 49.6 Å². The monoisotopic (exact) mass is 602 g/mol. The van der Waals surface area contributed by atoms with Crippen molar-refractivity contribution in [1.29, 1.82) is 0 Å². The highest BCUT2D eigenvalue weighted by atomic mass is 16.5. The van der Waals surface area contributed by atoms with E-state index in [4.69, 9.17) is 14.7 Å². The third-order valence-electron chi connectivity index (χ3n) is 9.29. The second kappa shape index (κ2) is 13.4. The van der Waals surface area contributed by atoms with Crippen LogP contribution in [0.4, 0.5) is 0 Å². The van der Waals surface area contributed by atoms with Gasteiger partial charge in [-0.15, -0.1) is 0 Å². The van der Waals surface area contributed by atoms with Gasteiger partial charge in [-0.05, 0) is 64.3 Å². The molecule has 1 unspecified atom stereocenters. The number of benzene rings is 2. The van der Waals surface area contributed by atoms with Gasteiger partial charge in [0.2, 0.25) is 0 Å². The van der Waals surface area contributed by atoms with Crippen LogP contribution >= 0.6 is 0 Å². The zero-order chi connectivity index (χ0) is 31.5. The van der Waals surface area contributed by atoms with Crippen molar-refractivity contribution < 1.29 is 9.53 Å². The molecule has 0 bridgehead atoms. The van der Waals surface area contributed by atoms with Crippen molar-refractivity contribution in [2.45, 2.75) is 98.6 Å². The summed E-state index contributed by atoms with van der Waals surface area (Å²) in [6.07, 6.45) is 10.6. The summed E-state index contributed by atoms with van der Waals surface area (Å²) in [4.78, 5) is 22.8. The summed E-state index contributed by atoms with van der Waals surface area (Å²) in [6, 6.07) is 21.6. The van der Waals surface area contributed by atoms with E-state index in [-0.39, 0.29) is 12.1 Å². The Morgan fingerprint density at radius 3 is 1.87 bits per heavy atom. The van der Waals surface area contributed by atoms with Crippen LogP contribution in [0.1, 0.15) is 106 Å². The molecule has 0 radical (unpaired) electrons. The van der Waals surface area contributed by atoms with Crippen molar-refractivity contribution in [2.24, 2.45) is 0 Å². The van der Waals surface area contributed by atoms with E-state index in [1.54, 1.807) is 0 Å². The lowest BCUT2D eigenvalue weighted by Crippen LogP contribution is -2.19. The second-order valence-electron chi connectivity index (χ2n) is 12.3. The number of unbranched alkanes of at least 4 members (excludes halogenated alkanes) is 6. The van der Waals surface area contributed by atoms with E-state index < -0.39 is 0 Å². The van der Waals surface area contributed by atoms with Gasteiger partial charge < -0.3 is 13.9 Å². The number of aryl methyl sites for hydroxylation is 3. The molecule has 0 fully saturated rings. The SMILES string of the molecule is CCCCCCCCCC(n1c2ccccc2c2cc(CC)nc(C)c21)n1c2ccccc2c2cc(C(=O)OCC)nc(C)c21. The van der Waals surface area contributed by atoms with E-state index in [0.717, 1.165) is 58.2 Å². The maximum absolute atomic E-state index is 12.9. The van der Waals surface area contributed by atoms with Gasteiger partial charge in [-0.3, -0.25) is 4.98 Å². The minimum atomic E-state index is -0.380. The first-order chi connectivity index (χ1) is 22.0. The molecular formula is C39H46N4O2. The Balaban J connectivity index is 1.60. The molecule has 0 aliphatic heterocycles. The zero-order valence-corrected chi connectivity index (χ0v) is 27.5. The fraction of sp³-hybridized carbons (Fsp3) is 0.410. The van der Waals surface area contributed by atoms with Gasteiger partial charge >= 0.3 is 5.97 Å². The van der Waals surface area contributed by atoms with Gasteiger partial charge in [0.05, 0.1) is 40.1 Å². The van der Waals surface area contributed by atoms with Crippen molar-refractivity contribution in [2.75, 3.05) is 6.61 Å². The predicted molar refractivity (Wildman–Crippen MR) is 186 cm³/mol. The number of aromatic nitrogens is 4. The Morgan fingerprint density at radius 1 is 0.711 bits per heavy atom. The number of nitrogens with zero attached hydrogens (tertiary/aromatic N) is 4. The number of rotatable bonds is 13. The fourth-order valence-electron chi connectivity index (χ4n) is 7.25. The molecule has 6 nitrogen and oxygen atoms in total. The van der Waals surface area contributed by atoms with Crippen LogP contribution in [0.5, 0.6) is 0 Å². The molecule has 234 valence electrons. The average Bonchev–Trinajstić information content (AvgIpc) is 3.56. The minimum Gasteiger partial charge on any atom is -0.461 e. The highest BCUT2D eigenvalue weighted by Crippen LogP contribution is 2.41. The van der Waals surface area contributed by atoms with Gasteiger partial charge in [-0.1, -0.05) is 88.8 Å². The van der Waals surface area contributed by atoms with Gasteiger partial charge in [-0.2, -0.15) is 0 Å². The number of hydrogen-bond donors (Lipinski definition) is 0. The maximum Gasteiger partial charge on any atom is 0.356 e. The molecule has 4 heterocycles. The van der Waals surface area contributed by atoms with Gasteiger partial charge in [0.15, 0.2) is 0 Å². The van der Waals surface area contributed by atoms with Crippen molar-refractivity contribution in [3.63, 3.8) is 0 Å². The van der Waals surface area contributed by atoms with E-state index in [9.17, 15) is 4.79 Å². The quantitative estimate of drug-likeness (QED) is 0.0975. The van der Waals surface area contributed by atoms with Gasteiger partial charge in [0.1, 0.15) is 11.9 Å². The first kappa shape index (κ1) is 30.8. The van der Waals surface area contributed by atoms with Crippen LogP contribution in [0.15, 0.2) is 60.7 Å². The fourth-order valence-corrected chi connectivity index (χ4v) is 7.25. The molecule has 0 aliphatic carbocycles. The molecule has 2 aromatic carbocycles. The van der Waals surface area contributed by atoms with Crippen LogP contribution in [-0.2, 0) is 11.2 Å². The number of hydrogen-bond acceptors (Lipinski definition) is 4. The largest absolute Gasteiger partial charge is 0.461 e. The molecule has 1 atom stereocenters. The summed E-state index contributed by atoms with van der Waals surface area (Å²) in [5, 5.41) is 4.68. The van der Waals surface area contributed by atoms with E-state index >= 15 is 0 Å². The molecule has 45 heavy (non-hydrogen) atoms. The van der Waals surface area contributed by atoms with Gasteiger partial charge in [-0.25, -0.2) is 9.78 Å². The maximum atomic E-state index is 12.9. The number of esters is 1. The molecular weight excluding hydrogens is 556 g/mol. The molecule has 0 saturated carbocycles. The van der Waals surface area contributed by atoms with Crippen molar-refractivity contribution in [3.8, 4) is 0 Å². The van der Waals surface area contributed by atoms with Crippen LogP contribution < -0.4 is 0 Å². The molecule has 6 heteroatoms. The second-order valence-corrected chi connectivity index (χ2v) is 12.3. The van der Waals surface area contributed by atoms with Crippen LogP contribution in [0.3, 0.4) is 0 Å². The summed E-state index contributed by atoms with van der Waals surface area (Å²) in [5.41, 5.74) is 8.00. The summed E-state index contributed by atoms with van der Waals surface area (Å²) < 4.78 is 10.4. The normalized spacial score (nSPS) is 12.6. The predicted octanol–water partition coefficient (Wildman–Crippen LogP) is 10.2. The molecule has 0 aliphatic rings. The molecule has 6 aromatic rings. The van der Waals surface area contributed by atoms with Gasteiger partial charge in [0, 0.05) is 27.2 Å². The number of para-hydroxylation sites is 2. The zero-order valence-electron chi connectivity index (χ0n) is 27.5. The molecule has 0 saturated heterocycles. The Hall–Kier alpha value is -4.19. The third-order valence-corrected chi connectivity index (χ3v) is 9.29. The Kier molecular flexibility index (Phi) is 9.20. The van der Waals surface area contributed by atoms with Crippen molar-refractivity contribution in [1.82, 2.24) is 19.1 Å². The summed E-state index contributed by atoms with van der Waals surface area (Å²) in [7, 11) is 0. The first-order valence-corrected chi connectivity index (χ1v) is 16.9. The number of fused-ring (bicyclic) bond motifs is 6. The highest BCUT2D eigenvalue weighted by molar-refractivity contribution is 6.11. The van der Waals surface area contributed by atoms with Crippen LogP contribution in [-0.4, -0.2) is 31.7 Å². The summed E-state index contributed by atoms with van der Waals surface area (Å²) in [5.74, 6) is -0.380. The standard InChI is InChI=1S/C39H46N4O2/c1-6-9-10-11-12-13-14-23-36(42-34-21-17-15-19-29(34)31-24-28(7-2)40-26(4)37(31)42)43-35-22-18-16-20-30(35)32-25-33(39(44)45-8-3)41-27(5)38(32)43/h15-22,24-25,36H,6-14,23H2,1-5H3. The topological polar surface area (TPSA) is 61.9 Å². The smallest absolute Gasteiger partial charge is 0.356 e. The lowest BCUT2D eigenvalue weighted by Gasteiger charge is -2.26. The van der Waals surface area contributed by atoms with Crippen molar-refractivity contribution in [3.05, 3.63) is 83.4 Å². The number of ether oxygens (including phenoxy) is 1. The van der Waals surface area contributed by atoms with E-state index in [1.807, 2.05) is 19.9 Å². The van der Waals surface area contributed by atoms with Crippen LogP contribution in [0, 0.1) is 13.8 Å². The number of carbonyl (C=O) groups is 1. The number of pyridine rings is 2. The Labute approximate surface area is 266 Å². The van der Waals surface area contributed by atoms with Crippen LogP contribution in [0.25, 0.3) is 43.6 Å². The number of carbonyl (C=O) groups excluding carboxylic acids is 1.